The molecular formula is C15H24N2O. The molecule has 0 aliphatic carbocycles. The summed E-state index contributed by atoms with van der Waals surface area (Å²) in [6, 6.07) is 10.8. The minimum absolute atomic E-state index is 0.691. The number of para-hydroxylation sites is 1. The molecule has 3 nitrogen and oxygen atoms in total. The largest absolute Gasteiger partial charge is 0.494 e. The zero-order valence-corrected chi connectivity index (χ0v) is 11.3. The van der Waals surface area contributed by atoms with Gasteiger partial charge in [-0.1, -0.05) is 18.2 Å². The molecule has 1 unspecified atom stereocenters. The minimum Gasteiger partial charge on any atom is -0.494 e. The van der Waals surface area contributed by atoms with Crippen molar-refractivity contribution in [2.24, 2.45) is 0 Å². The van der Waals surface area contributed by atoms with E-state index in [2.05, 4.69) is 17.1 Å². The van der Waals surface area contributed by atoms with E-state index in [0.29, 0.717) is 6.04 Å². The van der Waals surface area contributed by atoms with Gasteiger partial charge in [-0.3, -0.25) is 4.90 Å². The maximum absolute atomic E-state index is 5.72. The van der Waals surface area contributed by atoms with Crippen molar-refractivity contribution in [2.45, 2.75) is 25.8 Å². The smallest absolute Gasteiger partial charge is 0.119 e. The summed E-state index contributed by atoms with van der Waals surface area (Å²) in [6.45, 7) is 7.69. The van der Waals surface area contributed by atoms with Gasteiger partial charge < -0.3 is 10.1 Å². The highest BCUT2D eigenvalue weighted by molar-refractivity contribution is 5.20. The molecule has 0 radical (unpaired) electrons. The Balaban J connectivity index is 1.65. The summed E-state index contributed by atoms with van der Waals surface area (Å²) in [5.74, 6) is 0.975. The van der Waals surface area contributed by atoms with Gasteiger partial charge in [0, 0.05) is 25.7 Å². The molecule has 2 rings (SSSR count). The number of ether oxygens (including phenoxy) is 1. The topological polar surface area (TPSA) is 24.5 Å². The average molecular weight is 248 g/mol. The third-order valence-corrected chi connectivity index (χ3v) is 3.54. The monoisotopic (exact) mass is 248 g/mol. The average Bonchev–Trinajstić information content (AvgIpc) is 2.61. The quantitative estimate of drug-likeness (QED) is 0.808. The van der Waals surface area contributed by atoms with Gasteiger partial charge in [0.05, 0.1) is 6.61 Å². The van der Waals surface area contributed by atoms with Crippen molar-refractivity contribution in [1.82, 2.24) is 10.2 Å². The molecule has 1 N–H and O–H groups in total. The lowest BCUT2D eigenvalue weighted by molar-refractivity contribution is 0.197. The molecule has 0 amide bonds. The normalized spacial score (nSPS) is 21.5. The molecule has 0 aromatic heterocycles. The lowest BCUT2D eigenvalue weighted by Gasteiger charge is -2.26. The van der Waals surface area contributed by atoms with Crippen LogP contribution in [-0.2, 0) is 0 Å². The second kappa shape index (κ2) is 7.39. The first-order valence-corrected chi connectivity index (χ1v) is 6.99. The highest BCUT2D eigenvalue weighted by atomic mass is 16.5. The molecule has 1 aromatic rings. The fourth-order valence-corrected chi connectivity index (χ4v) is 2.37. The first-order valence-electron chi connectivity index (χ1n) is 6.99. The van der Waals surface area contributed by atoms with Crippen LogP contribution in [0.25, 0.3) is 0 Å². The van der Waals surface area contributed by atoms with Crippen molar-refractivity contribution in [2.75, 3.05) is 32.8 Å². The van der Waals surface area contributed by atoms with Crippen molar-refractivity contribution in [3.05, 3.63) is 30.3 Å². The molecule has 0 spiro atoms. The van der Waals surface area contributed by atoms with E-state index >= 15 is 0 Å². The summed E-state index contributed by atoms with van der Waals surface area (Å²) in [4.78, 5) is 2.56. The van der Waals surface area contributed by atoms with Gasteiger partial charge in [-0.15, -0.1) is 0 Å². The number of rotatable bonds is 5. The van der Waals surface area contributed by atoms with Gasteiger partial charge >= 0.3 is 0 Å². The van der Waals surface area contributed by atoms with Gasteiger partial charge in [0.1, 0.15) is 5.75 Å². The van der Waals surface area contributed by atoms with Gasteiger partial charge in [0.2, 0.25) is 0 Å². The van der Waals surface area contributed by atoms with Crippen LogP contribution in [-0.4, -0.2) is 43.7 Å². The van der Waals surface area contributed by atoms with E-state index in [0.717, 1.165) is 45.0 Å². The van der Waals surface area contributed by atoms with Crippen LogP contribution in [0.2, 0.25) is 0 Å². The highest BCUT2D eigenvalue weighted by Crippen LogP contribution is 2.10. The van der Waals surface area contributed by atoms with Crippen LogP contribution in [0.3, 0.4) is 0 Å². The molecular weight excluding hydrogens is 224 g/mol. The third-order valence-electron chi connectivity index (χ3n) is 3.54. The van der Waals surface area contributed by atoms with Crippen molar-refractivity contribution in [3.8, 4) is 5.75 Å². The molecule has 1 atom stereocenters. The predicted octanol–water partition coefficient (Wildman–Crippen LogP) is 2.14. The number of nitrogens with zero attached hydrogens (tertiary/aromatic N) is 1. The Labute approximate surface area is 110 Å². The molecule has 1 aliphatic heterocycles. The first kappa shape index (κ1) is 13.4. The number of hydrogen-bond acceptors (Lipinski definition) is 3. The van der Waals surface area contributed by atoms with Gasteiger partial charge in [0.15, 0.2) is 0 Å². The Morgan fingerprint density at radius 1 is 1.28 bits per heavy atom. The Kier molecular flexibility index (Phi) is 5.49. The van der Waals surface area contributed by atoms with E-state index in [-0.39, 0.29) is 0 Å². The van der Waals surface area contributed by atoms with Gasteiger partial charge in [-0.2, -0.15) is 0 Å². The second-order valence-electron chi connectivity index (χ2n) is 4.94. The molecule has 100 valence electrons. The summed E-state index contributed by atoms with van der Waals surface area (Å²) >= 11 is 0. The molecule has 0 saturated carbocycles. The minimum atomic E-state index is 0.691. The van der Waals surface area contributed by atoms with Crippen LogP contribution >= 0.6 is 0 Å². The van der Waals surface area contributed by atoms with Crippen LogP contribution < -0.4 is 10.1 Å². The van der Waals surface area contributed by atoms with Crippen LogP contribution in [0.4, 0.5) is 0 Å². The zero-order chi connectivity index (χ0) is 12.6. The fraction of sp³-hybridized carbons (Fsp3) is 0.600. The van der Waals surface area contributed by atoms with Crippen LogP contribution in [0, 0.1) is 0 Å². The van der Waals surface area contributed by atoms with E-state index in [1.54, 1.807) is 0 Å². The van der Waals surface area contributed by atoms with Gasteiger partial charge in [0.25, 0.3) is 0 Å². The predicted molar refractivity (Wildman–Crippen MR) is 75.1 cm³/mol. The molecule has 1 heterocycles. The Morgan fingerprint density at radius 3 is 2.94 bits per heavy atom. The summed E-state index contributed by atoms with van der Waals surface area (Å²) in [5.41, 5.74) is 0. The summed E-state index contributed by atoms with van der Waals surface area (Å²) in [5, 5.41) is 3.45. The molecule has 18 heavy (non-hydrogen) atoms. The van der Waals surface area contributed by atoms with E-state index in [1.807, 2.05) is 30.3 Å². The lowest BCUT2D eigenvalue weighted by atomic mass is 10.2. The molecule has 1 aliphatic rings. The van der Waals surface area contributed by atoms with Crippen LogP contribution in [0.5, 0.6) is 5.75 Å². The number of hydrogen-bond donors (Lipinski definition) is 1. The molecule has 0 bridgehead atoms. The van der Waals surface area contributed by atoms with Gasteiger partial charge in [-0.25, -0.2) is 0 Å². The Bertz CT molecular complexity index is 329. The van der Waals surface area contributed by atoms with E-state index < -0.39 is 0 Å². The van der Waals surface area contributed by atoms with Crippen molar-refractivity contribution in [1.29, 1.82) is 0 Å². The lowest BCUT2D eigenvalue weighted by Crippen LogP contribution is -2.35. The van der Waals surface area contributed by atoms with Crippen LogP contribution in [0.1, 0.15) is 19.8 Å². The SMILES string of the molecule is CC1CCNCCN1CCCOc1ccccc1. The Morgan fingerprint density at radius 2 is 2.11 bits per heavy atom. The number of nitrogens with one attached hydrogen (secondary N) is 1. The standard InChI is InChI=1S/C15H24N2O/c1-14-8-9-16-10-12-17(14)11-5-13-18-15-6-3-2-4-7-15/h2-4,6-7,14,16H,5,8-13H2,1H3. The fourth-order valence-electron chi connectivity index (χ4n) is 2.37. The second-order valence-corrected chi connectivity index (χ2v) is 4.94. The third kappa shape index (κ3) is 4.31. The van der Waals surface area contributed by atoms with E-state index in [4.69, 9.17) is 4.74 Å². The van der Waals surface area contributed by atoms with E-state index in [1.165, 1.54) is 6.42 Å². The molecule has 3 heteroatoms. The van der Waals surface area contributed by atoms with Crippen molar-refractivity contribution in [3.63, 3.8) is 0 Å². The maximum atomic E-state index is 5.72. The molecule has 1 aromatic carbocycles. The number of benzene rings is 1. The first-order chi connectivity index (χ1) is 8.86. The molecule has 1 saturated heterocycles. The Hall–Kier alpha value is -1.06. The summed E-state index contributed by atoms with van der Waals surface area (Å²) < 4.78 is 5.72. The summed E-state index contributed by atoms with van der Waals surface area (Å²) in [6.07, 6.45) is 2.35. The van der Waals surface area contributed by atoms with E-state index in [9.17, 15) is 0 Å². The highest BCUT2D eigenvalue weighted by Gasteiger charge is 2.15. The van der Waals surface area contributed by atoms with Crippen molar-refractivity contribution >= 4 is 0 Å². The van der Waals surface area contributed by atoms with Gasteiger partial charge in [-0.05, 0) is 38.4 Å². The maximum Gasteiger partial charge on any atom is 0.119 e. The zero-order valence-electron chi connectivity index (χ0n) is 11.3. The summed E-state index contributed by atoms with van der Waals surface area (Å²) in [7, 11) is 0. The molecule has 1 fully saturated rings. The van der Waals surface area contributed by atoms with Crippen molar-refractivity contribution < 1.29 is 4.74 Å². The van der Waals surface area contributed by atoms with Crippen LogP contribution in [0.15, 0.2) is 30.3 Å².